The lowest BCUT2D eigenvalue weighted by atomic mass is 10.9. The van der Waals surface area contributed by atoms with Crippen LogP contribution in [0.1, 0.15) is 0 Å². The first-order chi connectivity index (χ1) is 4.43. The number of rotatable bonds is 2. The highest BCUT2D eigenvalue weighted by molar-refractivity contribution is 7.99. The van der Waals surface area contributed by atoms with Crippen LogP contribution in [-0.2, 0) is 0 Å². The quantitative estimate of drug-likeness (QED) is 0.604. The van der Waals surface area contributed by atoms with Crippen LogP contribution in [0, 0.1) is 11.3 Å². The molecule has 0 spiro atoms. The summed E-state index contributed by atoms with van der Waals surface area (Å²) in [5.74, 6) is 0.423. The van der Waals surface area contributed by atoms with Gasteiger partial charge in [0.05, 0.1) is 18.0 Å². The largest absolute Gasteiger partial charge is 0.197 e. The molecule has 1 rings (SSSR count). The van der Waals surface area contributed by atoms with Crippen molar-refractivity contribution < 1.29 is 0 Å². The summed E-state index contributed by atoms with van der Waals surface area (Å²) < 4.78 is 0. The Labute approximate surface area is 56.3 Å². The molecular weight excluding hydrogens is 136 g/mol. The molecule has 1 aromatic rings. The van der Waals surface area contributed by atoms with E-state index in [4.69, 9.17) is 5.26 Å². The fourth-order valence-electron chi connectivity index (χ4n) is 0.367. The minimum absolute atomic E-state index is 0.423. The van der Waals surface area contributed by atoms with E-state index in [9.17, 15) is 0 Å². The Hall–Kier alpha value is -1.02. The maximum absolute atomic E-state index is 8.14. The second-order valence-electron chi connectivity index (χ2n) is 1.26. The van der Waals surface area contributed by atoms with E-state index in [0.717, 1.165) is 5.03 Å². The summed E-state index contributed by atoms with van der Waals surface area (Å²) >= 11 is 1.36. The summed E-state index contributed by atoms with van der Waals surface area (Å²) in [4.78, 5) is 0. The van der Waals surface area contributed by atoms with E-state index in [1.807, 2.05) is 6.07 Å². The number of nitrogens with zero attached hydrogens (tertiary/aromatic N) is 3. The first kappa shape index (κ1) is 6.11. The van der Waals surface area contributed by atoms with Crippen molar-refractivity contribution in [2.75, 3.05) is 5.75 Å². The van der Waals surface area contributed by atoms with E-state index in [0.29, 0.717) is 5.75 Å². The minimum atomic E-state index is 0.423. The first-order valence-corrected chi connectivity index (χ1v) is 3.27. The van der Waals surface area contributed by atoms with E-state index in [1.165, 1.54) is 11.8 Å². The molecule has 0 fully saturated rings. The molecule has 0 atom stereocenters. The summed E-state index contributed by atoms with van der Waals surface area (Å²) in [6, 6.07) is 1.99. The van der Waals surface area contributed by atoms with Crippen LogP contribution in [0.4, 0.5) is 0 Å². The van der Waals surface area contributed by atoms with Crippen LogP contribution < -0.4 is 0 Å². The smallest absolute Gasteiger partial charge is 0.139 e. The van der Waals surface area contributed by atoms with Crippen LogP contribution in [0.25, 0.3) is 0 Å². The van der Waals surface area contributed by atoms with Gasteiger partial charge in [-0.1, -0.05) is 11.8 Å². The van der Waals surface area contributed by atoms with Gasteiger partial charge in [-0.25, -0.2) is 0 Å². The van der Waals surface area contributed by atoms with Crippen LogP contribution in [0.2, 0.25) is 0 Å². The number of hydrogen-bond donors (Lipinski definition) is 1. The summed E-state index contributed by atoms with van der Waals surface area (Å²) in [5.41, 5.74) is 0. The summed E-state index contributed by atoms with van der Waals surface area (Å²) in [5, 5.41) is 18.6. The second kappa shape index (κ2) is 3.10. The third-order valence-corrected chi connectivity index (χ3v) is 1.44. The van der Waals surface area contributed by atoms with Gasteiger partial charge >= 0.3 is 0 Å². The molecule has 0 aliphatic carbocycles. The van der Waals surface area contributed by atoms with Crippen molar-refractivity contribution in [1.82, 2.24) is 15.4 Å². The molecular formula is C4H4N4S. The molecule has 0 saturated carbocycles. The molecule has 0 bridgehead atoms. The molecule has 9 heavy (non-hydrogen) atoms. The summed E-state index contributed by atoms with van der Waals surface area (Å²) in [6.45, 7) is 0. The van der Waals surface area contributed by atoms with E-state index in [-0.39, 0.29) is 0 Å². The maximum atomic E-state index is 8.14. The first-order valence-electron chi connectivity index (χ1n) is 2.29. The van der Waals surface area contributed by atoms with E-state index in [1.54, 1.807) is 6.20 Å². The molecule has 4 nitrogen and oxygen atoms in total. The lowest BCUT2D eigenvalue weighted by Gasteiger charge is -1.81. The van der Waals surface area contributed by atoms with Gasteiger partial charge < -0.3 is 0 Å². The monoisotopic (exact) mass is 140 g/mol. The van der Waals surface area contributed by atoms with Gasteiger partial charge in [-0.15, -0.1) is 5.10 Å². The summed E-state index contributed by atoms with van der Waals surface area (Å²) in [6.07, 6.45) is 1.59. The fourth-order valence-corrected chi connectivity index (χ4v) is 0.812. The highest BCUT2D eigenvalue weighted by Gasteiger charge is 1.92. The van der Waals surface area contributed by atoms with Crippen LogP contribution in [0.5, 0.6) is 0 Å². The Bertz CT molecular complexity index is 199. The standard InChI is InChI=1S/C4H4N4S/c5-1-2-9-4-3-6-8-7-4/h3H,2H2,(H,6,7,8). The van der Waals surface area contributed by atoms with Gasteiger partial charge in [-0.2, -0.15) is 15.6 Å². The van der Waals surface area contributed by atoms with Crippen molar-refractivity contribution in [3.8, 4) is 6.07 Å². The van der Waals surface area contributed by atoms with Crippen molar-refractivity contribution in [3.05, 3.63) is 6.20 Å². The highest BCUT2D eigenvalue weighted by Crippen LogP contribution is 2.10. The number of nitrogens with one attached hydrogen (secondary N) is 1. The molecule has 0 aliphatic heterocycles. The van der Waals surface area contributed by atoms with E-state index in [2.05, 4.69) is 15.4 Å². The third kappa shape index (κ3) is 1.74. The lowest BCUT2D eigenvalue weighted by molar-refractivity contribution is 0.911. The number of H-pyrrole nitrogens is 1. The molecule has 46 valence electrons. The number of aromatic nitrogens is 3. The van der Waals surface area contributed by atoms with Gasteiger partial charge in [0.25, 0.3) is 0 Å². The molecule has 0 aliphatic rings. The molecule has 0 aromatic carbocycles. The van der Waals surface area contributed by atoms with Crippen LogP contribution in [0.15, 0.2) is 11.2 Å². The van der Waals surface area contributed by atoms with E-state index >= 15 is 0 Å². The molecule has 0 radical (unpaired) electrons. The second-order valence-corrected chi connectivity index (χ2v) is 2.25. The van der Waals surface area contributed by atoms with Gasteiger partial charge in [-0.3, -0.25) is 0 Å². The molecule has 0 saturated heterocycles. The molecule has 1 N–H and O–H groups in total. The third-order valence-electron chi connectivity index (χ3n) is 0.678. The lowest BCUT2D eigenvalue weighted by Crippen LogP contribution is -1.72. The van der Waals surface area contributed by atoms with Crippen LogP contribution in [-0.4, -0.2) is 21.2 Å². The molecule has 5 heteroatoms. The van der Waals surface area contributed by atoms with Crippen LogP contribution in [0.3, 0.4) is 0 Å². The molecule has 0 amide bonds. The SMILES string of the molecule is N#CCSc1cn[nH]n1. The average molecular weight is 140 g/mol. The molecule has 0 unspecified atom stereocenters. The Morgan fingerprint density at radius 2 is 2.78 bits per heavy atom. The zero-order chi connectivity index (χ0) is 6.53. The van der Waals surface area contributed by atoms with Crippen molar-refractivity contribution >= 4 is 11.8 Å². The van der Waals surface area contributed by atoms with Crippen molar-refractivity contribution in [3.63, 3.8) is 0 Å². The predicted octanol–water partition coefficient (Wildman–Crippen LogP) is 0.420. The maximum Gasteiger partial charge on any atom is 0.139 e. The zero-order valence-electron chi connectivity index (χ0n) is 4.53. The highest BCUT2D eigenvalue weighted by atomic mass is 32.2. The normalized spacial score (nSPS) is 8.78. The van der Waals surface area contributed by atoms with Gasteiger partial charge in [0.15, 0.2) is 0 Å². The van der Waals surface area contributed by atoms with Crippen molar-refractivity contribution in [2.24, 2.45) is 0 Å². The minimum Gasteiger partial charge on any atom is -0.197 e. The number of nitriles is 1. The van der Waals surface area contributed by atoms with Gasteiger partial charge in [0.2, 0.25) is 0 Å². The average Bonchev–Trinajstić information content (AvgIpc) is 2.34. The Kier molecular flexibility index (Phi) is 2.10. The molecule has 1 aromatic heterocycles. The van der Waals surface area contributed by atoms with Crippen LogP contribution >= 0.6 is 11.8 Å². The van der Waals surface area contributed by atoms with Crippen molar-refractivity contribution in [2.45, 2.75) is 5.03 Å². The number of thioether (sulfide) groups is 1. The van der Waals surface area contributed by atoms with Gasteiger partial charge in [0.1, 0.15) is 5.03 Å². The Morgan fingerprint density at radius 1 is 1.89 bits per heavy atom. The molecule has 1 heterocycles. The number of hydrogen-bond acceptors (Lipinski definition) is 4. The van der Waals surface area contributed by atoms with E-state index < -0.39 is 0 Å². The Balaban J connectivity index is 2.41. The number of aromatic amines is 1. The topological polar surface area (TPSA) is 65.4 Å². The van der Waals surface area contributed by atoms with Crippen molar-refractivity contribution in [1.29, 1.82) is 5.26 Å². The fraction of sp³-hybridized carbons (Fsp3) is 0.250. The Morgan fingerprint density at radius 3 is 3.33 bits per heavy atom. The van der Waals surface area contributed by atoms with Gasteiger partial charge in [-0.05, 0) is 0 Å². The van der Waals surface area contributed by atoms with Gasteiger partial charge in [0, 0.05) is 0 Å². The summed E-state index contributed by atoms with van der Waals surface area (Å²) in [7, 11) is 0. The zero-order valence-corrected chi connectivity index (χ0v) is 5.35. The predicted molar refractivity (Wildman–Crippen MR) is 32.7 cm³/mol.